The first-order valence-corrected chi connectivity index (χ1v) is 5.97. The molecule has 0 aliphatic heterocycles. The number of para-hydroxylation sites is 1. The fourth-order valence-corrected chi connectivity index (χ4v) is 2.02. The van der Waals surface area contributed by atoms with Gasteiger partial charge < -0.3 is 9.30 Å². The third kappa shape index (κ3) is 1.93. The molecule has 3 rings (SSSR count). The van der Waals surface area contributed by atoms with Gasteiger partial charge in [0.15, 0.2) is 0 Å². The molecule has 1 heterocycles. The second-order valence-corrected chi connectivity index (χ2v) is 4.34. The standard InChI is InChI=1S/C14H11ClN2O/c1-17-13-8-7-11(9-12(13)16-14(17)15)18-10-5-3-2-4-6-10/h2-9H,1H3. The van der Waals surface area contributed by atoms with E-state index in [1.165, 1.54) is 0 Å². The molecule has 1 aromatic heterocycles. The normalized spacial score (nSPS) is 10.8. The van der Waals surface area contributed by atoms with Crippen molar-refractivity contribution in [2.45, 2.75) is 0 Å². The summed E-state index contributed by atoms with van der Waals surface area (Å²) in [6, 6.07) is 15.4. The lowest BCUT2D eigenvalue weighted by Crippen LogP contribution is -1.87. The predicted molar refractivity (Wildman–Crippen MR) is 72.2 cm³/mol. The second-order valence-electron chi connectivity index (χ2n) is 4.01. The Labute approximate surface area is 110 Å². The lowest BCUT2D eigenvalue weighted by molar-refractivity contribution is 0.483. The number of nitrogens with zero attached hydrogens (tertiary/aromatic N) is 2. The van der Waals surface area contributed by atoms with E-state index in [0.717, 1.165) is 22.5 Å². The molecular weight excluding hydrogens is 248 g/mol. The molecule has 0 aliphatic carbocycles. The van der Waals surface area contributed by atoms with Gasteiger partial charge in [0.2, 0.25) is 5.28 Å². The number of hydrogen-bond donors (Lipinski definition) is 0. The predicted octanol–water partition coefficient (Wildman–Crippen LogP) is 4.02. The zero-order valence-corrected chi connectivity index (χ0v) is 10.6. The van der Waals surface area contributed by atoms with Gasteiger partial charge in [-0.1, -0.05) is 18.2 Å². The number of ether oxygens (including phenoxy) is 1. The molecule has 3 aromatic rings. The van der Waals surface area contributed by atoms with Crippen molar-refractivity contribution in [3.05, 3.63) is 53.8 Å². The molecule has 0 aliphatic rings. The largest absolute Gasteiger partial charge is 0.457 e. The third-order valence-electron chi connectivity index (χ3n) is 2.78. The van der Waals surface area contributed by atoms with E-state index >= 15 is 0 Å². The molecule has 3 nitrogen and oxygen atoms in total. The first-order valence-electron chi connectivity index (χ1n) is 5.59. The summed E-state index contributed by atoms with van der Waals surface area (Å²) in [6.45, 7) is 0. The van der Waals surface area contributed by atoms with Gasteiger partial charge in [0.25, 0.3) is 0 Å². The number of imidazole rings is 1. The molecule has 18 heavy (non-hydrogen) atoms. The Bertz CT molecular complexity index is 692. The topological polar surface area (TPSA) is 27.1 Å². The van der Waals surface area contributed by atoms with Crippen LogP contribution in [0.25, 0.3) is 11.0 Å². The smallest absolute Gasteiger partial charge is 0.203 e. The first kappa shape index (κ1) is 11.1. The minimum atomic E-state index is 0.474. The lowest BCUT2D eigenvalue weighted by Gasteiger charge is -2.05. The van der Waals surface area contributed by atoms with E-state index in [-0.39, 0.29) is 0 Å². The van der Waals surface area contributed by atoms with Crippen molar-refractivity contribution >= 4 is 22.6 Å². The van der Waals surface area contributed by atoms with E-state index in [0.29, 0.717) is 5.28 Å². The fraction of sp³-hybridized carbons (Fsp3) is 0.0714. The SMILES string of the molecule is Cn1c(Cl)nc2cc(Oc3ccccc3)ccc21. The number of aryl methyl sites for hydroxylation is 1. The van der Waals surface area contributed by atoms with Gasteiger partial charge in [-0.05, 0) is 35.9 Å². The molecule has 4 heteroatoms. The highest BCUT2D eigenvalue weighted by molar-refractivity contribution is 6.29. The van der Waals surface area contributed by atoms with Crippen LogP contribution in [0, 0.1) is 0 Å². The molecule has 2 aromatic carbocycles. The van der Waals surface area contributed by atoms with Crippen molar-refractivity contribution in [2.24, 2.45) is 7.05 Å². The Morgan fingerprint density at radius 1 is 1.06 bits per heavy atom. The highest BCUT2D eigenvalue weighted by Crippen LogP contribution is 2.26. The minimum Gasteiger partial charge on any atom is -0.457 e. The lowest BCUT2D eigenvalue weighted by atomic mass is 10.3. The van der Waals surface area contributed by atoms with Gasteiger partial charge in [0.05, 0.1) is 11.0 Å². The summed E-state index contributed by atoms with van der Waals surface area (Å²) in [5.74, 6) is 1.56. The molecule has 0 bridgehead atoms. The molecule has 0 radical (unpaired) electrons. The summed E-state index contributed by atoms with van der Waals surface area (Å²) in [7, 11) is 1.88. The van der Waals surface area contributed by atoms with Crippen molar-refractivity contribution < 1.29 is 4.74 Å². The number of aromatic nitrogens is 2. The molecule has 0 saturated carbocycles. The summed E-state index contributed by atoms with van der Waals surface area (Å²) < 4.78 is 7.58. The van der Waals surface area contributed by atoms with Gasteiger partial charge in [-0.2, -0.15) is 0 Å². The summed E-state index contributed by atoms with van der Waals surface area (Å²) in [5, 5.41) is 0.474. The third-order valence-corrected chi connectivity index (χ3v) is 3.11. The van der Waals surface area contributed by atoms with E-state index in [1.807, 2.05) is 60.1 Å². The van der Waals surface area contributed by atoms with Crippen LogP contribution < -0.4 is 4.74 Å². The van der Waals surface area contributed by atoms with E-state index in [1.54, 1.807) is 0 Å². The highest BCUT2D eigenvalue weighted by atomic mass is 35.5. The average molecular weight is 259 g/mol. The molecule has 0 unspecified atom stereocenters. The summed E-state index contributed by atoms with van der Waals surface area (Å²) in [5.41, 5.74) is 1.82. The van der Waals surface area contributed by atoms with Crippen LogP contribution in [0.3, 0.4) is 0 Å². The van der Waals surface area contributed by atoms with E-state index in [2.05, 4.69) is 4.98 Å². The maximum atomic E-state index is 5.98. The molecule has 0 amide bonds. The minimum absolute atomic E-state index is 0.474. The zero-order chi connectivity index (χ0) is 12.5. The van der Waals surface area contributed by atoms with E-state index < -0.39 is 0 Å². The van der Waals surface area contributed by atoms with Crippen LogP contribution in [0.4, 0.5) is 0 Å². The highest BCUT2D eigenvalue weighted by Gasteiger charge is 2.06. The Kier molecular flexibility index (Phi) is 2.68. The van der Waals surface area contributed by atoms with Gasteiger partial charge in [-0.3, -0.25) is 0 Å². The molecule has 90 valence electrons. The van der Waals surface area contributed by atoms with Crippen LogP contribution in [0.5, 0.6) is 11.5 Å². The van der Waals surface area contributed by atoms with Crippen LogP contribution in [0.15, 0.2) is 48.5 Å². The van der Waals surface area contributed by atoms with Crippen molar-refractivity contribution in [1.29, 1.82) is 0 Å². The number of rotatable bonds is 2. The Morgan fingerprint density at radius 3 is 2.61 bits per heavy atom. The van der Waals surface area contributed by atoms with Gasteiger partial charge in [-0.25, -0.2) is 4.98 Å². The van der Waals surface area contributed by atoms with E-state index in [4.69, 9.17) is 16.3 Å². The maximum Gasteiger partial charge on any atom is 0.203 e. The number of halogens is 1. The molecular formula is C14H11ClN2O. The van der Waals surface area contributed by atoms with Gasteiger partial charge in [0, 0.05) is 13.1 Å². The Balaban J connectivity index is 1.99. The molecule has 0 N–H and O–H groups in total. The summed E-state index contributed by atoms with van der Waals surface area (Å²) >= 11 is 5.98. The molecule has 0 saturated heterocycles. The number of hydrogen-bond acceptors (Lipinski definition) is 2. The monoisotopic (exact) mass is 258 g/mol. The Morgan fingerprint density at radius 2 is 1.83 bits per heavy atom. The quantitative estimate of drug-likeness (QED) is 0.694. The molecule has 0 atom stereocenters. The Hall–Kier alpha value is -2.00. The molecule has 0 spiro atoms. The van der Waals surface area contributed by atoms with Crippen LogP contribution in [0.2, 0.25) is 5.28 Å². The van der Waals surface area contributed by atoms with Gasteiger partial charge in [-0.15, -0.1) is 0 Å². The first-order chi connectivity index (χ1) is 8.74. The van der Waals surface area contributed by atoms with Crippen molar-refractivity contribution in [3.8, 4) is 11.5 Å². The van der Waals surface area contributed by atoms with Crippen LogP contribution in [-0.4, -0.2) is 9.55 Å². The van der Waals surface area contributed by atoms with Crippen LogP contribution in [0.1, 0.15) is 0 Å². The average Bonchev–Trinajstić information content (AvgIpc) is 2.66. The van der Waals surface area contributed by atoms with E-state index in [9.17, 15) is 0 Å². The van der Waals surface area contributed by atoms with Crippen molar-refractivity contribution in [3.63, 3.8) is 0 Å². The van der Waals surface area contributed by atoms with Crippen LogP contribution >= 0.6 is 11.6 Å². The van der Waals surface area contributed by atoms with Gasteiger partial charge >= 0.3 is 0 Å². The fourth-order valence-electron chi connectivity index (χ4n) is 1.84. The second kappa shape index (κ2) is 4.35. The van der Waals surface area contributed by atoms with Gasteiger partial charge in [0.1, 0.15) is 11.5 Å². The van der Waals surface area contributed by atoms with Crippen molar-refractivity contribution in [2.75, 3.05) is 0 Å². The zero-order valence-electron chi connectivity index (χ0n) is 9.80. The van der Waals surface area contributed by atoms with Crippen LogP contribution in [-0.2, 0) is 7.05 Å². The van der Waals surface area contributed by atoms with Crippen molar-refractivity contribution in [1.82, 2.24) is 9.55 Å². The molecule has 0 fully saturated rings. The number of fused-ring (bicyclic) bond motifs is 1. The maximum absolute atomic E-state index is 5.98. The summed E-state index contributed by atoms with van der Waals surface area (Å²) in [6.07, 6.45) is 0. The number of benzene rings is 2. The summed E-state index contributed by atoms with van der Waals surface area (Å²) in [4.78, 5) is 4.26.